The van der Waals surface area contributed by atoms with Crippen molar-refractivity contribution in [2.75, 3.05) is 0 Å². The first-order valence-corrected chi connectivity index (χ1v) is 7.45. The van der Waals surface area contributed by atoms with E-state index >= 15 is 0 Å². The molecule has 1 heterocycles. The van der Waals surface area contributed by atoms with Crippen LogP contribution in [0.15, 0.2) is 24.3 Å². The third kappa shape index (κ3) is 3.27. The first-order chi connectivity index (χ1) is 8.72. The monoisotopic (exact) mass is 279 g/mol. The number of benzene rings is 1. The lowest BCUT2D eigenvalue weighted by molar-refractivity contribution is 0.305. The van der Waals surface area contributed by atoms with Crippen LogP contribution in [-0.2, 0) is 18.8 Å². The Hall–Kier alpha value is -1.00. The molecule has 0 aliphatic carbocycles. The van der Waals surface area contributed by atoms with Gasteiger partial charge in [0.25, 0.3) is 0 Å². The zero-order valence-corrected chi connectivity index (χ0v) is 12.4. The number of ether oxygens (including phenoxy) is 1. The number of thiazole rings is 1. The van der Waals surface area contributed by atoms with E-state index in [-0.39, 0.29) is 0 Å². The van der Waals surface area contributed by atoms with Crippen LogP contribution in [0.2, 0.25) is 0 Å². The van der Waals surface area contributed by atoms with Crippen molar-refractivity contribution in [3.63, 3.8) is 0 Å². The van der Waals surface area contributed by atoms with E-state index in [0.717, 1.165) is 28.6 Å². The van der Waals surface area contributed by atoms with E-state index in [9.17, 15) is 0 Å². The molecule has 0 fully saturated rings. The van der Waals surface area contributed by atoms with Crippen LogP contribution in [0.3, 0.4) is 0 Å². The third-order valence-electron chi connectivity index (χ3n) is 2.65. The van der Waals surface area contributed by atoms with E-state index in [1.807, 2.05) is 18.2 Å². The van der Waals surface area contributed by atoms with Gasteiger partial charge >= 0.3 is 0 Å². The topological polar surface area (TPSA) is 22.1 Å². The number of rotatable bonds is 5. The molecule has 0 aliphatic heterocycles. The standard InChI is InChI=1S/C14H17NOS2/c1-3-12-13(9-17)18-14(15-12)8-16-11-6-4-5-10(2)7-11/h4-7,17H,3,8-9H2,1-2H3. The predicted octanol–water partition coefficient (Wildman–Crippen LogP) is 4.02. The molecule has 2 aromatic rings. The minimum Gasteiger partial charge on any atom is -0.486 e. The van der Waals surface area contributed by atoms with Gasteiger partial charge in [0.15, 0.2) is 0 Å². The van der Waals surface area contributed by atoms with Gasteiger partial charge in [0.1, 0.15) is 17.4 Å². The highest BCUT2D eigenvalue weighted by atomic mass is 32.1. The van der Waals surface area contributed by atoms with Crippen molar-refractivity contribution in [1.82, 2.24) is 4.98 Å². The lowest BCUT2D eigenvalue weighted by Gasteiger charge is -2.04. The maximum absolute atomic E-state index is 5.75. The second-order valence-electron chi connectivity index (χ2n) is 4.09. The highest BCUT2D eigenvalue weighted by molar-refractivity contribution is 7.79. The minimum absolute atomic E-state index is 0.537. The molecule has 0 radical (unpaired) electrons. The second-order valence-corrected chi connectivity index (χ2v) is 5.58. The number of nitrogens with zero attached hydrogens (tertiary/aromatic N) is 1. The van der Waals surface area contributed by atoms with Crippen molar-refractivity contribution < 1.29 is 4.74 Å². The SMILES string of the molecule is CCc1nc(COc2cccc(C)c2)sc1CS. The maximum atomic E-state index is 5.75. The molecule has 0 N–H and O–H groups in total. The molecule has 0 saturated heterocycles. The summed E-state index contributed by atoms with van der Waals surface area (Å²) in [5, 5.41) is 1.03. The predicted molar refractivity (Wildman–Crippen MR) is 79.7 cm³/mol. The van der Waals surface area contributed by atoms with Gasteiger partial charge in [-0.3, -0.25) is 0 Å². The fourth-order valence-corrected chi connectivity index (χ4v) is 3.06. The van der Waals surface area contributed by atoms with Crippen LogP contribution in [0, 0.1) is 6.92 Å². The van der Waals surface area contributed by atoms with Crippen molar-refractivity contribution in [3.05, 3.63) is 45.4 Å². The van der Waals surface area contributed by atoms with Crippen LogP contribution >= 0.6 is 24.0 Å². The van der Waals surface area contributed by atoms with Crippen molar-refractivity contribution in [3.8, 4) is 5.75 Å². The summed E-state index contributed by atoms with van der Waals surface area (Å²) in [5.41, 5.74) is 2.36. The number of hydrogen-bond acceptors (Lipinski definition) is 4. The third-order valence-corrected chi connectivity index (χ3v) is 4.25. The molecule has 0 amide bonds. The van der Waals surface area contributed by atoms with Gasteiger partial charge in [-0.1, -0.05) is 19.1 Å². The van der Waals surface area contributed by atoms with E-state index in [1.165, 1.54) is 10.4 Å². The second kappa shape index (κ2) is 6.25. The molecule has 2 nitrogen and oxygen atoms in total. The van der Waals surface area contributed by atoms with Crippen molar-refractivity contribution in [2.24, 2.45) is 0 Å². The maximum Gasteiger partial charge on any atom is 0.140 e. The van der Waals surface area contributed by atoms with Crippen LogP contribution in [0.1, 0.15) is 28.1 Å². The number of aromatic nitrogens is 1. The van der Waals surface area contributed by atoms with Gasteiger partial charge < -0.3 is 4.74 Å². The normalized spacial score (nSPS) is 10.6. The summed E-state index contributed by atoms with van der Waals surface area (Å²) in [6.07, 6.45) is 0.955. The average molecular weight is 279 g/mol. The first-order valence-electron chi connectivity index (χ1n) is 6.00. The van der Waals surface area contributed by atoms with Gasteiger partial charge in [-0.05, 0) is 31.0 Å². The number of thiol groups is 1. The van der Waals surface area contributed by atoms with Gasteiger partial charge in [-0.2, -0.15) is 12.6 Å². The van der Waals surface area contributed by atoms with E-state index in [1.54, 1.807) is 11.3 Å². The quantitative estimate of drug-likeness (QED) is 0.835. The van der Waals surface area contributed by atoms with Crippen LogP contribution in [0.5, 0.6) is 5.75 Å². The summed E-state index contributed by atoms with van der Waals surface area (Å²) in [6, 6.07) is 8.07. The molecular formula is C14H17NOS2. The highest BCUT2D eigenvalue weighted by Crippen LogP contribution is 2.22. The zero-order valence-electron chi connectivity index (χ0n) is 10.6. The Balaban J connectivity index is 2.04. The Bertz CT molecular complexity index is 501. The van der Waals surface area contributed by atoms with Crippen molar-refractivity contribution in [1.29, 1.82) is 0 Å². The first kappa shape index (κ1) is 13.4. The summed E-state index contributed by atoms with van der Waals surface area (Å²) in [7, 11) is 0. The van der Waals surface area contributed by atoms with Crippen LogP contribution < -0.4 is 4.74 Å². The zero-order chi connectivity index (χ0) is 13.0. The smallest absolute Gasteiger partial charge is 0.140 e. The molecule has 0 saturated carbocycles. The molecule has 1 aromatic heterocycles. The van der Waals surface area contributed by atoms with Gasteiger partial charge in [0.05, 0.1) is 5.69 Å². The van der Waals surface area contributed by atoms with Crippen molar-refractivity contribution >= 4 is 24.0 Å². The number of aryl methyl sites for hydroxylation is 2. The summed E-state index contributed by atoms with van der Waals surface area (Å²) in [5.74, 6) is 1.65. The molecule has 0 spiro atoms. The van der Waals surface area contributed by atoms with Gasteiger partial charge in [-0.15, -0.1) is 11.3 Å². The Morgan fingerprint density at radius 2 is 2.22 bits per heavy atom. The summed E-state index contributed by atoms with van der Waals surface area (Å²) < 4.78 is 5.75. The van der Waals surface area contributed by atoms with E-state index < -0.39 is 0 Å². The van der Waals surface area contributed by atoms with Crippen LogP contribution in [0.25, 0.3) is 0 Å². The van der Waals surface area contributed by atoms with Gasteiger partial charge in [0, 0.05) is 10.6 Å². The van der Waals surface area contributed by atoms with Crippen LogP contribution in [-0.4, -0.2) is 4.98 Å². The minimum atomic E-state index is 0.537. The molecule has 4 heteroatoms. The average Bonchev–Trinajstić information content (AvgIpc) is 2.79. The summed E-state index contributed by atoms with van der Waals surface area (Å²) in [4.78, 5) is 5.84. The molecule has 1 aromatic carbocycles. The molecule has 96 valence electrons. The Morgan fingerprint density at radius 1 is 1.39 bits per heavy atom. The van der Waals surface area contributed by atoms with Crippen LogP contribution in [0.4, 0.5) is 0 Å². The van der Waals surface area contributed by atoms with Gasteiger partial charge in [-0.25, -0.2) is 4.98 Å². The summed E-state index contributed by atoms with van der Waals surface area (Å²) in [6.45, 7) is 4.71. The molecule has 0 bridgehead atoms. The molecule has 0 aliphatic rings. The summed E-state index contributed by atoms with van der Waals surface area (Å²) >= 11 is 6.02. The lowest BCUT2D eigenvalue weighted by Crippen LogP contribution is -1.95. The molecule has 0 atom stereocenters. The van der Waals surface area contributed by atoms with Crippen molar-refractivity contribution in [2.45, 2.75) is 32.6 Å². The largest absolute Gasteiger partial charge is 0.486 e. The fraction of sp³-hybridized carbons (Fsp3) is 0.357. The number of hydrogen-bond donors (Lipinski definition) is 1. The Morgan fingerprint density at radius 3 is 2.83 bits per heavy atom. The highest BCUT2D eigenvalue weighted by Gasteiger charge is 2.08. The van der Waals surface area contributed by atoms with E-state index in [4.69, 9.17) is 4.74 Å². The molecular weight excluding hydrogens is 262 g/mol. The van der Waals surface area contributed by atoms with E-state index in [0.29, 0.717) is 6.61 Å². The fourth-order valence-electron chi connectivity index (χ4n) is 1.75. The van der Waals surface area contributed by atoms with Gasteiger partial charge in [0.2, 0.25) is 0 Å². The molecule has 2 rings (SSSR count). The molecule has 18 heavy (non-hydrogen) atoms. The lowest BCUT2D eigenvalue weighted by atomic mass is 10.2. The van der Waals surface area contributed by atoms with E-state index in [2.05, 4.69) is 37.5 Å². The Labute approximate surface area is 117 Å². The molecule has 0 unspecified atom stereocenters. The Kier molecular flexibility index (Phi) is 4.66.